The second-order valence-corrected chi connectivity index (χ2v) is 10.7. The van der Waals surface area contributed by atoms with E-state index < -0.39 is 23.7 Å². The first-order valence-corrected chi connectivity index (χ1v) is 13.2. The number of ether oxygens (including phenoxy) is 1. The molecule has 1 atom stereocenters. The Kier molecular flexibility index (Phi) is 8.53. The minimum absolute atomic E-state index is 0.0694. The molecule has 0 radical (unpaired) electrons. The number of nitrogens with zero attached hydrogens (tertiary/aromatic N) is 1. The fourth-order valence-corrected chi connectivity index (χ4v) is 4.62. The van der Waals surface area contributed by atoms with Crippen molar-refractivity contribution >= 4 is 17.7 Å². The largest absolute Gasteiger partial charge is 0.444 e. The molecular weight excluding hydrogens is 502 g/mol. The highest BCUT2D eigenvalue weighted by Gasteiger charge is 2.34. The Morgan fingerprint density at radius 2 is 1.35 bits per heavy atom. The number of hydrogen-bond donors (Lipinski definition) is 2. The molecule has 40 heavy (non-hydrogen) atoms. The molecule has 0 saturated heterocycles. The van der Waals surface area contributed by atoms with E-state index >= 15 is 0 Å². The second-order valence-electron chi connectivity index (χ2n) is 10.7. The molecular formula is C33H35N3O4. The van der Waals surface area contributed by atoms with E-state index in [9.17, 15) is 14.4 Å². The van der Waals surface area contributed by atoms with Gasteiger partial charge in [0.15, 0.2) is 0 Å². The van der Waals surface area contributed by atoms with Crippen LogP contribution in [0.15, 0.2) is 102 Å². The number of anilines is 1. The van der Waals surface area contributed by atoms with Gasteiger partial charge in [0, 0.05) is 36.0 Å². The van der Waals surface area contributed by atoms with Gasteiger partial charge in [-0.25, -0.2) is 4.79 Å². The van der Waals surface area contributed by atoms with Gasteiger partial charge in [-0.3, -0.25) is 9.59 Å². The summed E-state index contributed by atoms with van der Waals surface area (Å²) < 4.78 is 7.13. The molecule has 7 nitrogen and oxygen atoms in total. The summed E-state index contributed by atoms with van der Waals surface area (Å²) >= 11 is 0. The normalized spacial score (nSPS) is 12.1. The van der Waals surface area contributed by atoms with E-state index in [1.807, 2.05) is 91.9 Å². The van der Waals surface area contributed by atoms with E-state index in [4.69, 9.17) is 4.74 Å². The maximum absolute atomic E-state index is 13.9. The highest BCUT2D eigenvalue weighted by molar-refractivity contribution is 5.98. The van der Waals surface area contributed by atoms with Gasteiger partial charge in [-0.2, -0.15) is 0 Å². The van der Waals surface area contributed by atoms with Gasteiger partial charge in [-0.05, 0) is 62.6 Å². The lowest BCUT2D eigenvalue weighted by molar-refractivity contribution is -0.118. The number of carbonyl (C=O) groups excluding carboxylic acids is 2. The fourth-order valence-electron chi connectivity index (χ4n) is 4.62. The van der Waals surface area contributed by atoms with Gasteiger partial charge >= 0.3 is 6.09 Å². The molecule has 1 heterocycles. The minimum Gasteiger partial charge on any atom is -0.444 e. The van der Waals surface area contributed by atoms with E-state index in [-0.39, 0.29) is 11.5 Å². The highest BCUT2D eigenvalue weighted by Crippen LogP contribution is 2.30. The highest BCUT2D eigenvalue weighted by atomic mass is 16.6. The predicted octanol–water partition coefficient (Wildman–Crippen LogP) is 6.02. The third-order valence-electron chi connectivity index (χ3n) is 6.68. The molecule has 0 fully saturated rings. The van der Waals surface area contributed by atoms with E-state index in [1.54, 1.807) is 38.5 Å². The molecule has 2 N–H and O–H groups in total. The average Bonchev–Trinajstić information content (AvgIpc) is 2.92. The molecule has 206 valence electrons. The Labute approximate surface area is 234 Å². The van der Waals surface area contributed by atoms with E-state index in [2.05, 4.69) is 10.6 Å². The molecule has 0 spiro atoms. The van der Waals surface area contributed by atoms with Crippen molar-refractivity contribution in [2.45, 2.75) is 45.3 Å². The van der Waals surface area contributed by atoms with Crippen LogP contribution in [0.4, 0.5) is 10.5 Å². The lowest BCUT2D eigenvalue weighted by Gasteiger charge is -2.29. The van der Waals surface area contributed by atoms with Crippen molar-refractivity contribution in [2.24, 2.45) is 7.05 Å². The standard InChI is InChI=1S/C33H35N3O4/c1-22-27(20-21-28(37)36(22)5)23-16-18-26(19-17-23)34-31(38)30(35-32(39)40-33(2,3)4)29(24-12-8-6-9-13-24)25-14-10-7-11-15-25/h6-21,29-30H,1-5H3,(H,34,38)(H,35,39)/t30-/m0/s1. The number of aromatic nitrogens is 1. The summed E-state index contributed by atoms with van der Waals surface area (Å²) in [6.45, 7) is 7.23. The molecule has 7 heteroatoms. The van der Waals surface area contributed by atoms with Gasteiger partial charge in [-0.15, -0.1) is 0 Å². The number of nitrogens with one attached hydrogen (secondary N) is 2. The predicted molar refractivity (Wildman–Crippen MR) is 158 cm³/mol. The number of amides is 2. The monoisotopic (exact) mass is 537 g/mol. The van der Waals surface area contributed by atoms with Gasteiger partial charge in [0.1, 0.15) is 11.6 Å². The van der Waals surface area contributed by atoms with Crippen LogP contribution in [0.5, 0.6) is 0 Å². The van der Waals surface area contributed by atoms with Gasteiger partial charge in [-0.1, -0.05) is 72.8 Å². The SMILES string of the molecule is Cc1c(-c2ccc(NC(=O)[C@@H](NC(=O)OC(C)(C)C)C(c3ccccc3)c3ccccc3)cc2)ccc(=O)n1C. The molecule has 4 rings (SSSR count). The Hall–Kier alpha value is -4.65. The fraction of sp³-hybridized carbons (Fsp3) is 0.242. The Morgan fingerprint density at radius 3 is 1.88 bits per heavy atom. The number of rotatable bonds is 7. The summed E-state index contributed by atoms with van der Waals surface area (Å²) in [4.78, 5) is 38.8. The molecule has 0 bridgehead atoms. The summed E-state index contributed by atoms with van der Waals surface area (Å²) in [5.41, 5.74) is 4.23. The lowest BCUT2D eigenvalue weighted by Crippen LogP contribution is -2.49. The first-order valence-electron chi connectivity index (χ1n) is 13.2. The van der Waals surface area contributed by atoms with Crippen LogP contribution < -0.4 is 16.2 Å². The molecule has 0 aliphatic carbocycles. The molecule has 3 aromatic carbocycles. The minimum atomic E-state index is -0.967. The number of alkyl carbamates (subject to hydrolysis) is 1. The molecule has 0 aliphatic heterocycles. The summed E-state index contributed by atoms with van der Waals surface area (Å²) in [5, 5.41) is 5.82. The summed E-state index contributed by atoms with van der Waals surface area (Å²) in [6, 6.07) is 29.0. The average molecular weight is 538 g/mol. The zero-order chi connectivity index (χ0) is 28.9. The Balaban J connectivity index is 1.67. The topological polar surface area (TPSA) is 89.4 Å². The van der Waals surface area contributed by atoms with Gasteiger partial charge < -0.3 is 19.9 Å². The number of benzene rings is 3. The Bertz CT molecular complexity index is 1480. The van der Waals surface area contributed by atoms with Crippen molar-refractivity contribution in [1.82, 2.24) is 9.88 Å². The molecule has 0 aliphatic rings. The number of carbonyl (C=O) groups is 2. The van der Waals surface area contributed by atoms with E-state index in [0.717, 1.165) is 27.9 Å². The van der Waals surface area contributed by atoms with Crippen LogP contribution in [0.2, 0.25) is 0 Å². The molecule has 1 aromatic heterocycles. The van der Waals surface area contributed by atoms with Crippen molar-refractivity contribution in [1.29, 1.82) is 0 Å². The third kappa shape index (κ3) is 6.86. The van der Waals surface area contributed by atoms with Crippen molar-refractivity contribution < 1.29 is 14.3 Å². The first kappa shape index (κ1) is 28.4. The van der Waals surface area contributed by atoms with E-state index in [1.165, 1.54) is 6.07 Å². The number of hydrogen-bond acceptors (Lipinski definition) is 4. The van der Waals surface area contributed by atoms with Gasteiger partial charge in [0.2, 0.25) is 11.5 Å². The Morgan fingerprint density at radius 1 is 0.800 bits per heavy atom. The third-order valence-corrected chi connectivity index (χ3v) is 6.68. The molecule has 2 amide bonds. The maximum atomic E-state index is 13.9. The van der Waals surface area contributed by atoms with Crippen LogP contribution in [0.1, 0.15) is 43.5 Å². The van der Waals surface area contributed by atoms with Crippen LogP contribution >= 0.6 is 0 Å². The van der Waals surface area contributed by atoms with Crippen molar-refractivity contribution in [2.75, 3.05) is 5.32 Å². The molecule has 0 saturated carbocycles. The van der Waals surface area contributed by atoms with Crippen molar-refractivity contribution in [3.8, 4) is 11.1 Å². The van der Waals surface area contributed by atoms with Crippen molar-refractivity contribution in [3.05, 3.63) is 124 Å². The molecule has 0 unspecified atom stereocenters. The van der Waals surface area contributed by atoms with Crippen molar-refractivity contribution in [3.63, 3.8) is 0 Å². The summed E-state index contributed by atoms with van der Waals surface area (Å²) in [5.74, 6) is -0.850. The van der Waals surface area contributed by atoms with Gasteiger partial charge in [0.05, 0.1) is 0 Å². The first-order chi connectivity index (χ1) is 19.0. The zero-order valence-electron chi connectivity index (χ0n) is 23.5. The summed E-state index contributed by atoms with van der Waals surface area (Å²) in [7, 11) is 1.74. The van der Waals surface area contributed by atoms with Crippen LogP contribution in [-0.2, 0) is 16.6 Å². The lowest BCUT2D eigenvalue weighted by atomic mass is 9.84. The van der Waals surface area contributed by atoms with Crippen LogP contribution in [0, 0.1) is 6.92 Å². The summed E-state index contributed by atoms with van der Waals surface area (Å²) in [6.07, 6.45) is -0.676. The molecule has 4 aromatic rings. The zero-order valence-corrected chi connectivity index (χ0v) is 23.5. The van der Waals surface area contributed by atoms with Crippen LogP contribution in [0.3, 0.4) is 0 Å². The number of pyridine rings is 1. The second kappa shape index (κ2) is 12.0. The van der Waals surface area contributed by atoms with Crippen LogP contribution in [0.25, 0.3) is 11.1 Å². The maximum Gasteiger partial charge on any atom is 0.408 e. The smallest absolute Gasteiger partial charge is 0.408 e. The van der Waals surface area contributed by atoms with Gasteiger partial charge in [0.25, 0.3) is 0 Å². The van der Waals surface area contributed by atoms with Crippen LogP contribution in [-0.4, -0.2) is 28.2 Å². The quantitative estimate of drug-likeness (QED) is 0.302. The van der Waals surface area contributed by atoms with E-state index in [0.29, 0.717) is 5.69 Å².